The van der Waals surface area contributed by atoms with Gasteiger partial charge >= 0.3 is 0 Å². The third-order valence-corrected chi connectivity index (χ3v) is 4.54. The van der Waals surface area contributed by atoms with Crippen LogP contribution in [0.2, 0.25) is 0 Å². The number of H-pyrrole nitrogens is 1. The third kappa shape index (κ3) is 3.89. The van der Waals surface area contributed by atoms with Crippen molar-refractivity contribution in [2.24, 2.45) is 5.73 Å². The van der Waals surface area contributed by atoms with Crippen LogP contribution in [0.3, 0.4) is 0 Å². The van der Waals surface area contributed by atoms with E-state index in [0.717, 1.165) is 27.8 Å². The van der Waals surface area contributed by atoms with E-state index in [1.807, 2.05) is 30.5 Å². The van der Waals surface area contributed by atoms with Gasteiger partial charge in [0.15, 0.2) is 5.13 Å². The summed E-state index contributed by atoms with van der Waals surface area (Å²) in [4.78, 5) is 42.3. The molecule has 0 saturated carbocycles. The van der Waals surface area contributed by atoms with Crippen molar-refractivity contribution >= 4 is 45.1 Å². The Bertz CT molecular complexity index is 978. The highest BCUT2D eigenvalue weighted by Gasteiger charge is 2.22. The van der Waals surface area contributed by atoms with Crippen LogP contribution >= 0.6 is 11.3 Å². The number of benzene rings is 1. The fraction of sp³-hybridized carbons (Fsp3) is 0.176. The number of carbonyl (C=O) groups excluding carboxylic acids is 3. The average molecular weight is 371 g/mol. The number of hydrogen-bond donors (Lipinski definition) is 4. The molecule has 0 saturated heterocycles. The van der Waals surface area contributed by atoms with Gasteiger partial charge < -0.3 is 21.4 Å². The summed E-state index contributed by atoms with van der Waals surface area (Å²) in [7, 11) is 0. The van der Waals surface area contributed by atoms with Crippen molar-refractivity contribution in [3.63, 3.8) is 0 Å². The van der Waals surface area contributed by atoms with Crippen LogP contribution in [0.25, 0.3) is 10.9 Å². The van der Waals surface area contributed by atoms with Gasteiger partial charge in [-0.2, -0.15) is 0 Å². The van der Waals surface area contributed by atoms with E-state index >= 15 is 0 Å². The molecule has 3 amide bonds. The van der Waals surface area contributed by atoms with E-state index in [4.69, 9.17) is 5.73 Å². The van der Waals surface area contributed by atoms with Crippen molar-refractivity contribution in [3.8, 4) is 0 Å². The zero-order valence-corrected chi connectivity index (χ0v) is 14.7. The number of aromatic amines is 1. The van der Waals surface area contributed by atoms with Gasteiger partial charge in [-0.1, -0.05) is 18.2 Å². The molecule has 0 aliphatic carbocycles. The van der Waals surface area contributed by atoms with Crippen LogP contribution in [0.1, 0.15) is 23.0 Å². The number of rotatable bonds is 6. The molecule has 2 aromatic heterocycles. The number of primary amides is 1. The van der Waals surface area contributed by atoms with Crippen molar-refractivity contribution in [1.29, 1.82) is 0 Å². The largest absolute Gasteiger partial charge is 0.364 e. The van der Waals surface area contributed by atoms with Crippen molar-refractivity contribution < 1.29 is 14.4 Å². The highest BCUT2D eigenvalue weighted by atomic mass is 32.1. The van der Waals surface area contributed by atoms with Crippen molar-refractivity contribution in [2.75, 3.05) is 5.32 Å². The lowest BCUT2D eigenvalue weighted by Gasteiger charge is -2.16. The maximum absolute atomic E-state index is 12.6. The minimum absolute atomic E-state index is 0.0815. The number of hydrogen-bond acceptors (Lipinski definition) is 5. The Balaban J connectivity index is 1.79. The molecule has 0 fully saturated rings. The molecule has 0 radical (unpaired) electrons. The fourth-order valence-corrected chi connectivity index (χ4v) is 3.31. The molecule has 3 rings (SSSR count). The highest BCUT2D eigenvalue weighted by Crippen LogP contribution is 2.20. The summed E-state index contributed by atoms with van der Waals surface area (Å²) in [6.07, 6.45) is 2.13. The molecule has 0 bridgehead atoms. The summed E-state index contributed by atoms with van der Waals surface area (Å²) in [6, 6.07) is 6.93. The van der Waals surface area contributed by atoms with Gasteiger partial charge in [-0.15, -0.1) is 11.3 Å². The van der Waals surface area contributed by atoms with E-state index < -0.39 is 17.9 Å². The smallest absolute Gasteiger partial charge is 0.268 e. The van der Waals surface area contributed by atoms with Gasteiger partial charge in [0.2, 0.25) is 11.8 Å². The second kappa shape index (κ2) is 7.36. The maximum Gasteiger partial charge on any atom is 0.268 e. The number of nitrogens with zero attached hydrogens (tertiary/aromatic N) is 1. The van der Waals surface area contributed by atoms with Gasteiger partial charge in [0, 0.05) is 35.8 Å². The normalized spacial score (nSPS) is 11.9. The first-order valence-corrected chi connectivity index (χ1v) is 8.70. The van der Waals surface area contributed by atoms with Crippen LogP contribution in [0.4, 0.5) is 5.13 Å². The van der Waals surface area contributed by atoms with Crippen molar-refractivity contribution in [3.05, 3.63) is 47.1 Å². The monoisotopic (exact) mass is 371 g/mol. The van der Waals surface area contributed by atoms with Crippen LogP contribution < -0.4 is 16.4 Å². The number of para-hydroxylation sites is 1. The first-order valence-electron chi connectivity index (χ1n) is 7.82. The molecule has 0 aliphatic heterocycles. The number of nitrogens with one attached hydrogen (secondary N) is 3. The van der Waals surface area contributed by atoms with Crippen LogP contribution in [-0.2, 0) is 16.0 Å². The molecular formula is C17H17N5O3S. The quantitative estimate of drug-likeness (QED) is 0.522. The standard InChI is InChI=1S/C17H17N5O3S/c1-9(23)20-13(6-10-7-19-12-5-3-2-4-11(10)12)16(25)22-17-21-14(8-26-17)15(18)24/h2-5,7-8,13,19H,6H2,1H3,(H2,18,24)(H,20,23)(H,21,22,25). The van der Waals surface area contributed by atoms with E-state index in [0.29, 0.717) is 6.42 Å². The van der Waals surface area contributed by atoms with Gasteiger partial charge in [-0.05, 0) is 11.6 Å². The molecule has 1 aromatic carbocycles. The predicted molar refractivity (Wildman–Crippen MR) is 98.9 cm³/mol. The molecule has 0 spiro atoms. The summed E-state index contributed by atoms with van der Waals surface area (Å²) in [5, 5.41) is 7.97. The summed E-state index contributed by atoms with van der Waals surface area (Å²) in [5.41, 5.74) is 7.10. The summed E-state index contributed by atoms with van der Waals surface area (Å²) in [5.74, 6) is -1.41. The van der Waals surface area contributed by atoms with Crippen LogP contribution in [0.5, 0.6) is 0 Å². The molecule has 1 atom stereocenters. The molecule has 9 heteroatoms. The summed E-state index contributed by atoms with van der Waals surface area (Å²) in [6.45, 7) is 1.35. The Labute approximate surface area is 152 Å². The van der Waals surface area contributed by atoms with Gasteiger partial charge in [0.05, 0.1) is 0 Å². The van der Waals surface area contributed by atoms with Gasteiger partial charge in [-0.3, -0.25) is 14.4 Å². The Morgan fingerprint density at radius 3 is 2.77 bits per heavy atom. The number of carbonyl (C=O) groups is 3. The number of aromatic nitrogens is 2. The van der Waals surface area contributed by atoms with E-state index in [2.05, 4.69) is 20.6 Å². The second-order valence-electron chi connectivity index (χ2n) is 5.71. The first kappa shape index (κ1) is 17.6. The molecule has 134 valence electrons. The SMILES string of the molecule is CC(=O)NC(Cc1c[nH]c2ccccc12)C(=O)Nc1nc(C(N)=O)cs1. The lowest BCUT2D eigenvalue weighted by molar-refractivity contribution is -0.125. The fourth-order valence-electron chi connectivity index (χ4n) is 2.61. The van der Waals surface area contributed by atoms with Gasteiger partial charge in [-0.25, -0.2) is 4.98 Å². The van der Waals surface area contributed by atoms with E-state index in [9.17, 15) is 14.4 Å². The van der Waals surface area contributed by atoms with E-state index in [-0.39, 0.29) is 16.7 Å². The summed E-state index contributed by atoms with van der Waals surface area (Å²) < 4.78 is 0. The minimum atomic E-state index is -0.785. The number of amides is 3. The average Bonchev–Trinajstić information content (AvgIpc) is 3.21. The van der Waals surface area contributed by atoms with Gasteiger partial charge in [0.1, 0.15) is 11.7 Å². The van der Waals surface area contributed by atoms with E-state index in [1.165, 1.54) is 12.3 Å². The molecule has 5 N–H and O–H groups in total. The van der Waals surface area contributed by atoms with E-state index in [1.54, 1.807) is 0 Å². The predicted octanol–water partition coefficient (Wildman–Crippen LogP) is 1.41. The molecule has 1 unspecified atom stereocenters. The first-order chi connectivity index (χ1) is 12.4. The van der Waals surface area contributed by atoms with Gasteiger partial charge in [0.25, 0.3) is 5.91 Å². The molecule has 0 aliphatic rings. The maximum atomic E-state index is 12.6. The number of thiazole rings is 1. The van der Waals surface area contributed by atoms with Crippen LogP contribution in [-0.4, -0.2) is 33.7 Å². The molecule has 3 aromatic rings. The number of nitrogens with two attached hydrogens (primary N) is 1. The number of fused-ring (bicyclic) bond motifs is 1. The topological polar surface area (TPSA) is 130 Å². The molecule has 8 nitrogen and oxygen atoms in total. The summed E-state index contributed by atoms with van der Waals surface area (Å²) >= 11 is 1.09. The highest BCUT2D eigenvalue weighted by molar-refractivity contribution is 7.14. The zero-order chi connectivity index (χ0) is 18.7. The molecule has 2 heterocycles. The van der Waals surface area contributed by atoms with Crippen molar-refractivity contribution in [1.82, 2.24) is 15.3 Å². The molecular weight excluding hydrogens is 354 g/mol. The Morgan fingerprint density at radius 2 is 2.08 bits per heavy atom. The minimum Gasteiger partial charge on any atom is -0.364 e. The number of anilines is 1. The Kier molecular flexibility index (Phi) is 4.99. The lowest BCUT2D eigenvalue weighted by Crippen LogP contribution is -2.44. The van der Waals surface area contributed by atoms with Crippen LogP contribution in [0, 0.1) is 0 Å². The third-order valence-electron chi connectivity index (χ3n) is 3.78. The molecule has 26 heavy (non-hydrogen) atoms. The Morgan fingerprint density at radius 1 is 1.31 bits per heavy atom. The lowest BCUT2D eigenvalue weighted by atomic mass is 10.0. The Hall–Kier alpha value is -3.20. The van der Waals surface area contributed by atoms with Crippen molar-refractivity contribution in [2.45, 2.75) is 19.4 Å². The zero-order valence-electron chi connectivity index (χ0n) is 13.9. The van der Waals surface area contributed by atoms with Crippen LogP contribution in [0.15, 0.2) is 35.8 Å². The second-order valence-corrected chi connectivity index (χ2v) is 6.57.